The quantitative estimate of drug-likeness (QED) is 0.527. The summed E-state index contributed by atoms with van der Waals surface area (Å²) in [4.78, 5) is 4.05. The molecule has 0 aliphatic heterocycles. The molecule has 16 heavy (non-hydrogen) atoms. The summed E-state index contributed by atoms with van der Waals surface area (Å²) in [5.74, 6) is 0.925. The van der Waals surface area contributed by atoms with Gasteiger partial charge in [-0.3, -0.25) is 4.99 Å². The Balaban J connectivity index is 3.97. The van der Waals surface area contributed by atoms with E-state index in [1.54, 1.807) is 7.05 Å². The molecule has 6 heteroatoms. The van der Waals surface area contributed by atoms with Gasteiger partial charge in [0.25, 0.3) is 0 Å². The first-order valence-electron chi connectivity index (χ1n) is 5.54. The Morgan fingerprint density at radius 1 is 1.44 bits per heavy atom. The molecular weight excluding hydrogens is 226 g/mol. The predicted octanol–water partition coefficient (Wildman–Crippen LogP) is 0.385. The first-order chi connectivity index (χ1) is 7.39. The number of sulfone groups is 1. The fourth-order valence-corrected chi connectivity index (χ4v) is 1.92. The minimum absolute atomic E-state index is 0.0952. The van der Waals surface area contributed by atoms with Gasteiger partial charge in [0.15, 0.2) is 5.96 Å². The van der Waals surface area contributed by atoms with Crippen molar-refractivity contribution in [1.82, 2.24) is 10.6 Å². The highest BCUT2D eigenvalue weighted by Gasteiger charge is 2.08. The van der Waals surface area contributed by atoms with Crippen LogP contribution in [0.4, 0.5) is 0 Å². The van der Waals surface area contributed by atoms with E-state index in [-0.39, 0.29) is 11.8 Å². The second-order valence-electron chi connectivity index (χ2n) is 3.96. The van der Waals surface area contributed by atoms with Crippen molar-refractivity contribution in [3.05, 3.63) is 0 Å². The number of guanidine groups is 1. The molecule has 0 saturated carbocycles. The Hall–Kier alpha value is -0.780. The molecule has 0 rings (SSSR count). The zero-order chi connectivity index (χ0) is 12.6. The van der Waals surface area contributed by atoms with Crippen molar-refractivity contribution in [3.8, 4) is 0 Å². The fourth-order valence-electron chi connectivity index (χ4n) is 1.13. The van der Waals surface area contributed by atoms with Crippen LogP contribution in [0, 0.1) is 0 Å². The molecule has 0 aliphatic carbocycles. The van der Waals surface area contributed by atoms with Crippen LogP contribution >= 0.6 is 0 Å². The topological polar surface area (TPSA) is 70.6 Å². The highest BCUT2D eigenvalue weighted by atomic mass is 32.2. The highest BCUT2D eigenvalue weighted by molar-refractivity contribution is 7.90. The zero-order valence-electron chi connectivity index (χ0n) is 10.6. The maximum atomic E-state index is 11.0. The molecule has 0 aliphatic rings. The van der Waals surface area contributed by atoms with E-state index in [1.807, 2.05) is 6.92 Å². The average molecular weight is 249 g/mol. The number of nitrogens with zero attached hydrogens (tertiary/aromatic N) is 1. The van der Waals surface area contributed by atoms with Crippen LogP contribution in [0.15, 0.2) is 4.99 Å². The molecule has 0 aromatic carbocycles. The van der Waals surface area contributed by atoms with Crippen molar-refractivity contribution in [2.75, 3.05) is 25.6 Å². The summed E-state index contributed by atoms with van der Waals surface area (Å²) < 4.78 is 22.0. The van der Waals surface area contributed by atoms with Gasteiger partial charge in [-0.2, -0.15) is 0 Å². The van der Waals surface area contributed by atoms with Crippen LogP contribution in [0.5, 0.6) is 0 Å². The third-order valence-corrected chi connectivity index (χ3v) is 3.05. The van der Waals surface area contributed by atoms with E-state index in [9.17, 15) is 8.42 Å². The Morgan fingerprint density at radius 2 is 2.06 bits per heavy atom. The van der Waals surface area contributed by atoms with Crippen molar-refractivity contribution in [2.45, 2.75) is 32.7 Å². The zero-order valence-corrected chi connectivity index (χ0v) is 11.4. The molecule has 2 N–H and O–H groups in total. The number of nitrogens with one attached hydrogen (secondary N) is 2. The normalized spacial score (nSPS) is 14.6. The van der Waals surface area contributed by atoms with Gasteiger partial charge < -0.3 is 10.6 Å². The highest BCUT2D eigenvalue weighted by Crippen LogP contribution is 1.95. The minimum Gasteiger partial charge on any atom is -0.356 e. The molecule has 0 bridgehead atoms. The van der Waals surface area contributed by atoms with E-state index in [0.29, 0.717) is 6.42 Å². The summed E-state index contributed by atoms with van der Waals surface area (Å²) in [6.45, 7) is 4.88. The average Bonchev–Trinajstić information content (AvgIpc) is 2.20. The van der Waals surface area contributed by atoms with E-state index >= 15 is 0 Å². The van der Waals surface area contributed by atoms with E-state index in [4.69, 9.17) is 0 Å². The van der Waals surface area contributed by atoms with Gasteiger partial charge in [-0.25, -0.2) is 8.42 Å². The van der Waals surface area contributed by atoms with E-state index in [1.165, 1.54) is 6.26 Å². The molecule has 0 heterocycles. The first kappa shape index (κ1) is 15.2. The lowest BCUT2D eigenvalue weighted by Crippen LogP contribution is -2.43. The van der Waals surface area contributed by atoms with Gasteiger partial charge >= 0.3 is 0 Å². The van der Waals surface area contributed by atoms with Crippen LogP contribution in [0.25, 0.3) is 0 Å². The maximum absolute atomic E-state index is 11.0. The second-order valence-corrected chi connectivity index (χ2v) is 6.22. The molecule has 0 amide bonds. The van der Waals surface area contributed by atoms with Crippen LogP contribution < -0.4 is 10.6 Å². The van der Waals surface area contributed by atoms with E-state index < -0.39 is 9.84 Å². The molecule has 1 unspecified atom stereocenters. The predicted molar refractivity (Wildman–Crippen MR) is 68.6 cm³/mol. The molecule has 0 aromatic rings. The van der Waals surface area contributed by atoms with Crippen molar-refractivity contribution >= 4 is 15.8 Å². The Bertz CT molecular complexity index is 312. The molecule has 0 aromatic heterocycles. The number of hydrogen-bond donors (Lipinski definition) is 2. The second kappa shape index (κ2) is 7.49. The van der Waals surface area contributed by atoms with Crippen LogP contribution in [0.2, 0.25) is 0 Å². The standard InChI is InChI=1S/C10H23N3O2S/c1-5-7-12-10(11-3)13-9(2)6-8-16(4,14)15/h9H,5-8H2,1-4H3,(H2,11,12,13). The van der Waals surface area contributed by atoms with E-state index in [0.717, 1.165) is 18.9 Å². The van der Waals surface area contributed by atoms with Crippen molar-refractivity contribution in [3.63, 3.8) is 0 Å². The number of aliphatic imine (C=N–C) groups is 1. The lowest BCUT2D eigenvalue weighted by atomic mass is 10.3. The van der Waals surface area contributed by atoms with Crippen LogP contribution in [0.3, 0.4) is 0 Å². The van der Waals surface area contributed by atoms with Gasteiger partial charge in [-0.15, -0.1) is 0 Å². The molecule has 0 fully saturated rings. The molecule has 0 spiro atoms. The minimum atomic E-state index is -2.88. The Morgan fingerprint density at radius 3 is 2.50 bits per heavy atom. The van der Waals surface area contributed by atoms with Gasteiger partial charge in [0.1, 0.15) is 9.84 Å². The molecule has 1 atom stereocenters. The molecule has 96 valence electrons. The SMILES string of the molecule is CCCNC(=NC)NC(C)CCS(C)(=O)=O. The van der Waals surface area contributed by atoms with Gasteiger partial charge in [0.2, 0.25) is 0 Å². The largest absolute Gasteiger partial charge is 0.356 e. The summed E-state index contributed by atoms with van der Waals surface area (Å²) in [6, 6.07) is 0.0952. The molecule has 0 saturated heterocycles. The summed E-state index contributed by atoms with van der Waals surface area (Å²) in [7, 11) is -1.18. The lowest BCUT2D eigenvalue weighted by Gasteiger charge is -2.17. The van der Waals surface area contributed by atoms with E-state index in [2.05, 4.69) is 22.5 Å². The Kier molecular flexibility index (Phi) is 7.12. The summed E-state index contributed by atoms with van der Waals surface area (Å²) in [5, 5.41) is 6.29. The van der Waals surface area contributed by atoms with Gasteiger partial charge in [0, 0.05) is 25.9 Å². The van der Waals surface area contributed by atoms with Gasteiger partial charge in [-0.05, 0) is 19.8 Å². The Labute approximate surface area is 98.6 Å². The summed E-state index contributed by atoms with van der Waals surface area (Å²) >= 11 is 0. The van der Waals surface area contributed by atoms with Crippen LogP contribution in [-0.4, -0.2) is 46.0 Å². The van der Waals surface area contributed by atoms with Crippen molar-refractivity contribution < 1.29 is 8.42 Å². The molecular formula is C10H23N3O2S. The fraction of sp³-hybridized carbons (Fsp3) is 0.900. The van der Waals surface area contributed by atoms with Gasteiger partial charge in [0.05, 0.1) is 5.75 Å². The first-order valence-corrected chi connectivity index (χ1v) is 7.60. The van der Waals surface area contributed by atoms with Crippen molar-refractivity contribution in [1.29, 1.82) is 0 Å². The molecule has 0 radical (unpaired) electrons. The number of hydrogen-bond acceptors (Lipinski definition) is 3. The van der Waals surface area contributed by atoms with Crippen LogP contribution in [0.1, 0.15) is 26.7 Å². The lowest BCUT2D eigenvalue weighted by molar-refractivity contribution is 0.581. The van der Waals surface area contributed by atoms with Gasteiger partial charge in [-0.1, -0.05) is 6.92 Å². The smallest absolute Gasteiger partial charge is 0.191 e. The number of rotatable bonds is 6. The third-order valence-electron chi connectivity index (χ3n) is 2.07. The monoisotopic (exact) mass is 249 g/mol. The molecule has 5 nitrogen and oxygen atoms in total. The van der Waals surface area contributed by atoms with Crippen molar-refractivity contribution in [2.24, 2.45) is 4.99 Å². The summed E-state index contributed by atoms with van der Waals surface area (Å²) in [5.41, 5.74) is 0. The summed E-state index contributed by atoms with van der Waals surface area (Å²) in [6.07, 6.45) is 2.87. The van der Waals surface area contributed by atoms with Crippen LogP contribution in [-0.2, 0) is 9.84 Å². The maximum Gasteiger partial charge on any atom is 0.191 e. The third kappa shape index (κ3) is 8.52.